The molecule has 0 bridgehead atoms. The molecule has 4 nitrogen and oxygen atoms in total. The van der Waals surface area contributed by atoms with Gasteiger partial charge in [0.2, 0.25) is 5.91 Å². The molecule has 1 saturated carbocycles. The van der Waals surface area contributed by atoms with Crippen molar-refractivity contribution in [1.29, 1.82) is 0 Å². The number of hydrogen-bond acceptors (Lipinski definition) is 3. The standard InChI is InChI=1S/C12H22N2O2/c13-12(6-2-1-3-7-12)9-14-11(15)10-5-4-8-16-10/h10H,1-9,13H2,(H,14,15). The lowest BCUT2D eigenvalue weighted by molar-refractivity contribution is -0.130. The van der Waals surface area contributed by atoms with Gasteiger partial charge in [-0.15, -0.1) is 0 Å². The maximum absolute atomic E-state index is 11.7. The molecule has 0 aromatic rings. The fourth-order valence-electron chi connectivity index (χ4n) is 2.59. The summed E-state index contributed by atoms with van der Waals surface area (Å²) in [4.78, 5) is 11.7. The minimum absolute atomic E-state index is 0.0212. The number of amides is 1. The number of carbonyl (C=O) groups excluding carboxylic acids is 1. The van der Waals surface area contributed by atoms with Crippen LogP contribution >= 0.6 is 0 Å². The first-order valence-electron chi connectivity index (χ1n) is 6.38. The molecule has 0 aromatic heterocycles. The van der Waals surface area contributed by atoms with E-state index in [-0.39, 0.29) is 17.6 Å². The molecule has 2 aliphatic rings. The lowest BCUT2D eigenvalue weighted by Gasteiger charge is -2.33. The first-order chi connectivity index (χ1) is 7.70. The Hall–Kier alpha value is -0.610. The summed E-state index contributed by atoms with van der Waals surface area (Å²) >= 11 is 0. The largest absolute Gasteiger partial charge is 0.368 e. The Morgan fingerprint density at radius 1 is 1.31 bits per heavy atom. The molecule has 3 N–H and O–H groups in total. The van der Waals surface area contributed by atoms with Crippen molar-refractivity contribution in [2.24, 2.45) is 5.73 Å². The molecule has 1 unspecified atom stereocenters. The number of nitrogens with one attached hydrogen (secondary N) is 1. The smallest absolute Gasteiger partial charge is 0.249 e. The van der Waals surface area contributed by atoms with E-state index in [9.17, 15) is 4.79 Å². The minimum atomic E-state index is -0.229. The van der Waals surface area contributed by atoms with Gasteiger partial charge in [-0.3, -0.25) is 4.79 Å². The summed E-state index contributed by atoms with van der Waals surface area (Å²) in [5.74, 6) is 0.0212. The van der Waals surface area contributed by atoms with Crippen molar-refractivity contribution < 1.29 is 9.53 Å². The highest BCUT2D eigenvalue weighted by Gasteiger charge is 2.30. The summed E-state index contributed by atoms with van der Waals surface area (Å²) in [5.41, 5.74) is 6.08. The van der Waals surface area contributed by atoms with Crippen LogP contribution in [0.4, 0.5) is 0 Å². The van der Waals surface area contributed by atoms with Gasteiger partial charge in [-0.2, -0.15) is 0 Å². The zero-order valence-electron chi connectivity index (χ0n) is 9.84. The summed E-state index contributed by atoms with van der Waals surface area (Å²) in [6.45, 7) is 1.32. The van der Waals surface area contributed by atoms with Crippen LogP contribution in [0.25, 0.3) is 0 Å². The van der Waals surface area contributed by atoms with Crippen molar-refractivity contribution in [3.05, 3.63) is 0 Å². The van der Waals surface area contributed by atoms with Crippen LogP contribution < -0.4 is 11.1 Å². The highest BCUT2D eigenvalue weighted by molar-refractivity contribution is 5.81. The molecule has 92 valence electrons. The zero-order chi connectivity index (χ0) is 11.4. The van der Waals surface area contributed by atoms with E-state index in [0.717, 1.165) is 25.7 Å². The van der Waals surface area contributed by atoms with Crippen LogP contribution in [0.3, 0.4) is 0 Å². The van der Waals surface area contributed by atoms with Gasteiger partial charge in [0.25, 0.3) is 0 Å². The van der Waals surface area contributed by atoms with Crippen molar-refractivity contribution >= 4 is 5.91 Å². The van der Waals surface area contributed by atoms with Crippen LogP contribution in [-0.4, -0.2) is 30.7 Å². The predicted octanol–water partition coefficient (Wildman–Crippen LogP) is 0.943. The van der Waals surface area contributed by atoms with E-state index in [2.05, 4.69) is 5.32 Å². The summed E-state index contributed by atoms with van der Waals surface area (Å²) < 4.78 is 5.33. The van der Waals surface area contributed by atoms with E-state index in [0.29, 0.717) is 13.2 Å². The maximum Gasteiger partial charge on any atom is 0.249 e. The number of hydrogen-bond donors (Lipinski definition) is 2. The molecule has 1 aliphatic heterocycles. The third-order valence-corrected chi connectivity index (χ3v) is 3.69. The van der Waals surface area contributed by atoms with Crippen LogP contribution in [0.15, 0.2) is 0 Å². The second-order valence-corrected chi connectivity index (χ2v) is 5.14. The number of ether oxygens (including phenoxy) is 1. The van der Waals surface area contributed by atoms with E-state index >= 15 is 0 Å². The van der Waals surface area contributed by atoms with Gasteiger partial charge in [0.15, 0.2) is 0 Å². The second kappa shape index (κ2) is 5.15. The fraction of sp³-hybridized carbons (Fsp3) is 0.917. The lowest BCUT2D eigenvalue weighted by Crippen LogP contribution is -2.52. The third-order valence-electron chi connectivity index (χ3n) is 3.69. The van der Waals surface area contributed by atoms with Crippen LogP contribution in [0.1, 0.15) is 44.9 Å². The highest BCUT2D eigenvalue weighted by atomic mass is 16.5. The molecule has 2 rings (SSSR count). The normalized spacial score (nSPS) is 28.9. The average molecular weight is 226 g/mol. The Morgan fingerprint density at radius 2 is 2.06 bits per heavy atom. The molecule has 1 amide bonds. The van der Waals surface area contributed by atoms with Gasteiger partial charge in [-0.05, 0) is 25.7 Å². The van der Waals surface area contributed by atoms with Crippen LogP contribution in [0, 0.1) is 0 Å². The molecule has 1 saturated heterocycles. The molecule has 4 heteroatoms. The molecule has 0 radical (unpaired) electrons. The molecular formula is C12H22N2O2. The van der Waals surface area contributed by atoms with E-state index in [1.54, 1.807) is 0 Å². The van der Waals surface area contributed by atoms with Crippen molar-refractivity contribution in [3.63, 3.8) is 0 Å². The van der Waals surface area contributed by atoms with Crippen molar-refractivity contribution in [2.75, 3.05) is 13.2 Å². The average Bonchev–Trinajstić information content (AvgIpc) is 2.80. The van der Waals surface area contributed by atoms with Gasteiger partial charge < -0.3 is 15.8 Å². The molecular weight excluding hydrogens is 204 g/mol. The van der Waals surface area contributed by atoms with Crippen molar-refractivity contribution in [3.8, 4) is 0 Å². The summed E-state index contributed by atoms with van der Waals surface area (Å²) in [6.07, 6.45) is 7.32. The monoisotopic (exact) mass is 226 g/mol. The van der Waals surface area contributed by atoms with E-state index in [1.165, 1.54) is 19.3 Å². The van der Waals surface area contributed by atoms with Crippen molar-refractivity contribution in [1.82, 2.24) is 5.32 Å². The highest BCUT2D eigenvalue weighted by Crippen LogP contribution is 2.25. The second-order valence-electron chi connectivity index (χ2n) is 5.14. The molecule has 1 heterocycles. The van der Waals surface area contributed by atoms with Crippen molar-refractivity contribution in [2.45, 2.75) is 56.6 Å². The summed E-state index contributed by atoms with van der Waals surface area (Å²) in [7, 11) is 0. The molecule has 0 spiro atoms. The van der Waals surface area contributed by atoms with Gasteiger partial charge in [0.05, 0.1) is 0 Å². The Kier molecular flexibility index (Phi) is 3.82. The van der Waals surface area contributed by atoms with Gasteiger partial charge >= 0.3 is 0 Å². The fourth-order valence-corrected chi connectivity index (χ4v) is 2.59. The Morgan fingerprint density at radius 3 is 2.69 bits per heavy atom. The van der Waals surface area contributed by atoms with Gasteiger partial charge in [0.1, 0.15) is 6.10 Å². The molecule has 2 fully saturated rings. The van der Waals surface area contributed by atoms with Gasteiger partial charge in [-0.25, -0.2) is 0 Å². The lowest BCUT2D eigenvalue weighted by atomic mass is 9.82. The van der Waals surface area contributed by atoms with Crippen LogP contribution in [0.2, 0.25) is 0 Å². The SMILES string of the molecule is NC1(CNC(=O)C2CCCO2)CCCCC1. The predicted molar refractivity (Wildman–Crippen MR) is 62.0 cm³/mol. The Labute approximate surface area is 96.9 Å². The molecule has 0 aromatic carbocycles. The van der Waals surface area contributed by atoms with Crippen LogP contribution in [-0.2, 0) is 9.53 Å². The van der Waals surface area contributed by atoms with E-state index < -0.39 is 0 Å². The first-order valence-corrected chi connectivity index (χ1v) is 6.38. The van der Waals surface area contributed by atoms with E-state index in [1.807, 2.05) is 0 Å². The topological polar surface area (TPSA) is 64.3 Å². The molecule has 1 aliphatic carbocycles. The van der Waals surface area contributed by atoms with E-state index in [4.69, 9.17) is 10.5 Å². The Balaban J connectivity index is 1.75. The maximum atomic E-state index is 11.7. The Bertz CT molecular complexity index is 243. The number of nitrogens with two attached hydrogens (primary N) is 1. The zero-order valence-corrected chi connectivity index (χ0v) is 9.84. The number of rotatable bonds is 3. The van der Waals surface area contributed by atoms with Gasteiger partial charge in [-0.1, -0.05) is 19.3 Å². The molecule has 16 heavy (non-hydrogen) atoms. The number of carbonyl (C=O) groups is 1. The minimum Gasteiger partial charge on any atom is -0.368 e. The first kappa shape index (κ1) is 11.9. The summed E-state index contributed by atoms with van der Waals surface area (Å²) in [6, 6.07) is 0. The molecule has 1 atom stereocenters. The quantitative estimate of drug-likeness (QED) is 0.753. The van der Waals surface area contributed by atoms with Gasteiger partial charge in [0, 0.05) is 18.7 Å². The van der Waals surface area contributed by atoms with Crippen LogP contribution in [0.5, 0.6) is 0 Å². The third kappa shape index (κ3) is 2.95. The summed E-state index contributed by atoms with van der Waals surface area (Å²) in [5, 5.41) is 2.95.